The number of piperazine rings is 1. The fourth-order valence-corrected chi connectivity index (χ4v) is 2.79. The number of carbonyl (C=O) groups excluding carboxylic acids is 1. The van der Waals surface area contributed by atoms with Crippen molar-refractivity contribution in [2.24, 2.45) is 5.92 Å². The van der Waals surface area contributed by atoms with Crippen molar-refractivity contribution in [3.8, 4) is 0 Å². The SMILES string of the molecule is CCNC(CN1CCN(CC2CC2)CC1)C(=O)OCC. The van der Waals surface area contributed by atoms with Gasteiger partial charge in [0.05, 0.1) is 6.61 Å². The first-order valence-corrected chi connectivity index (χ1v) is 8.07. The van der Waals surface area contributed by atoms with E-state index in [0.717, 1.165) is 45.2 Å². The van der Waals surface area contributed by atoms with Crippen LogP contribution < -0.4 is 5.32 Å². The number of likely N-dealkylation sites (N-methyl/N-ethyl adjacent to an activating group) is 1. The Hall–Kier alpha value is -0.650. The molecule has 1 aliphatic heterocycles. The van der Waals surface area contributed by atoms with E-state index in [2.05, 4.69) is 15.1 Å². The Kier molecular flexibility index (Phi) is 6.26. The molecule has 1 N–H and O–H groups in total. The molecule has 20 heavy (non-hydrogen) atoms. The van der Waals surface area contributed by atoms with Crippen LogP contribution in [0.3, 0.4) is 0 Å². The standard InChI is InChI=1S/C15H29N3O2/c1-3-16-14(15(19)20-4-2)12-18-9-7-17(8-10-18)11-13-5-6-13/h13-14,16H,3-12H2,1-2H3. The van der Waals surface area contributed by atoms with Crippen LogP contribution >= 0.6 is 0 Å². The van der Waals surface area contributed by atoms with Crippen LogP contribution in [0.4, 0.5) is 0 Å². The predicted molar refractivity (Wildman–Crippen MR) is 79.7 cm³/mol. The van der Waals surface area contributed by atoms with Crippen LogP contribution in [-0.4, -0.2) is 74.2 Å². The van der Waals surface area contributed by atoms with Crippen molar-refractivity contribution in [2.45, 2.75) is 32.7 Å². The summed E-state index contributed by atoms with van der Waals surface area (Å²) in [6.07, 6.45) is 2.84. The molecule has 2 rings (SSSR count). The van der Waals surface area contributed by atoms with Gasteiger partial charge in [-0.1, -0.05) is 6.92 Å². The lowest BCUT2D eigenvalue weighted by Gasteiger charge is -2.36. The Labute approximate surface area is 122 Å². The highest BCUT2D eigenvalue weighted by Gasteiger charge is 2.28. The van der Waals surface area contributed by atoms with Gasteiger partial charge in [-0.2, -0.15) is 0 Å². The largest absolute Gasteiger partial charge is 0.465 e. The minimum atomic E-state index is -0.185. The van der Waals surface area contributed by atoms with Crippen molar-refractivity contribution in [3.63, 3.8) is 0 Å². The molecule has 0 bridgehead atoms. The third-order valence-electron chi connectivity index (χ3n) is 4.14. The number of rotatable bonds is 8. The van der Waals surface area contributed by atoms with Crippen molar-refractivity contribution >= 4 is 5.97 Å². The summed E-state index contributed by atoms with van der Waals surface area (Å²) in [7, 11) is 0. The van der Waals surface area contributed by atoms with Gasteiger partial charge in [0.1, 0.15) is 6.04 Å². The maximum Gasteiger partial charge on any atom is 0.324 e. The summed E-state index contributed by atoms with van der Waals surface area (Å²) >= 11 is 0. The number of ether oxygens (including phenoxy) is 1. The summed E-state index contributed by atoms with van der Waals surface area (Å²) in [5.41, 5.74) is 0. The molecule has 2 fully saturated rings. The lowest BCUT2D eigenvalue weighted by atomic mass is 10.2. The molecule has 0 aromatic carbocycles. The van der Waals surface area contributed by atoms with Gasteiger partial charge in [0.2, 0.25) is 0 Å². The van der Waals surface area contributed by atoms with Gasteiger partial charge < -0.3 is 15.0 Å². The van der Waals surface area contributed by atoms with E-state index >= 15 is 0 Å². The van der Waals surface area contributed by atoms with Crippen LogP contribution in [0.15, 0.2) is 0 Å². The highest BCUT2D eigenvalue weighted by Crippen LogP contribution is 2.29. The van der Waals surface area contributed by atoms with Crippen LogP contribution in [0, 0.1) is 5.92 Å². The molecular formula is C15H29N3O2. The molecule has 1 heterocycles. The first kappa shape index (κ1) is 15.7. The Morgan fingerprint density at radius 1 is 1.20 bits per heavy atom. The monoisotopic (exact) mass is 283 g/mol. The van der Waals surface area contributed by atoms with E-state index in [4.69, 9.17) is 4.74 Å². The zero-order chi connectivity index (χ0) is 14.4. The minimum Gasteiger partial charge on any atom is -0.465 e. The lowest BCUT2D eigenvalue weighted by Crippen LogP contribution is -2.53. The Bertz CT molecular complexity index is 299. The lowest BCUT2D eigenvalue weighted by molar-refractivity contribution is -0.146. The molecule has 116 valence electrons. The van der Waals surface area contributed by atoms with Crippen molar-refractivity contribution < 1.29 is 9.53 Å². The molecule has 0 aromatic heterocycles. The second-order valence-electron chi connectivity index (χ2n) is 5.91. The Balaban J connectivity index is 1.71. The Morgan fingerprint density at radius 3 is 2.40 bits per heavy atom. The molecule has 1 atom stereocenters. The normalized spacial score (nSPS) is 22.7. The van der Waals surface area contributed by atoms with E-state index in [0.29, 0.717) is 6.61 Å². The van der Waals surface area contributed by atoms with Gasteiger partial charge in [0.15, 0.2) is 0 Å². The second-order valence-corrected chi connectivity index (χ2v) is 5.91. The summed E-state index contributed by atoms with van der Waals surface area (Å²) in [6, 6.07) is -0.185. The number of hydrogen-bond acceptors (Lipinski definition) is 5. The number of hydrogen-bond donors (Lipinski definition) is 1. The molecule has 0 aromatic rings. The van der Waals surface area contributed by atoms with Crippen LogP contribution in [0.5, 0.6) is 0 Å². The van der Waals surface area contributed by atoms with Crippen LogP contribution in [0.1, 0.15) is 26.7 Å². The highest BCUT2D eigenvalue weighted by atomic mass is 16.5. The Morgan fingerprint density at radius 2 is 1.85 bits per heavy atom. The maximum atomic E-state index is 11.9. The van der Waals surface area contributed by atoms with Gasteiger partial charge in [0.25, 0.3) is 0 Å². The van der Waals surface area contributed by atoms with E-state index < -0.39 is 0 Å². The van der Waals surface area contributed by atoms with Gasteiger partial charge in [-0.3, -0.25) is 9.69 Å². The van der Waals surface area contributed by atoms with Crippen molar-refractivity contribution in [3.05, 3.63) is 0 Å². The van der Waals surface area contributed by atoms with E-state index in [9.17, 15) is 4.79 Å². The van der Waals surface area contributed by atoms with E-state index in [-0.39, 0.29) is 12.0 Å². The maximum absolute atomic E-state index is 11.9. The molecule has 5 heteroatoms. The minimum absolute atomic E-state index is 0.116. The van der Waals surface area contributed by atoms with Crippen molar-refractivity contribution in [1.29, 1.82) is 0 Å². The predicted octanol–water partition coefficient (Wildman–Crippen LogP) is 0.555. The average Bonchev–Trinajstić information content (AvgIpc) is 3.24. The summed E-state index contributed by atoms with van der Waals surface area (Å²) in [4.78, 5) is 16.9. The first-order chi connectivity index (χ1) is 9.72. The van der Waals surface area contributed by atoms with Gasteiger partial charge in [0, 0.05) is 39.3 Å². The molecule has 0 amide bonds. The summed E-state index contributed by atoms with van der Waals surface area (Å²) < 4.78 is 5.14. The van der Waals surface area contributed by atoms with Gasteiger partial charge >= 0.3 is 5.97 Å². The summed E-state index contributed by atoms with van der Waals surface area (Å²) in [5, 5.41) is 3.24. The highest BCUT2D eigenvalue weighted by molar-refractivity contribution is 5.76. The molecule has 1 unspecified atom stereocenters. The van der Waals surface area contributed by atoms with Crippen molar-refractivity contribution in [2.75, 3.05) is 52.4 Å². The molecule has 1 saturated heterocycles. The smallest absolute Gasteiger partial charge is 0.324 e. The third kappa shape index (κ3) is 5.04. The average molecular weight is 283 g/mol. The fourth-order valence-electron chi connectivity index (χ4n) is 2.79. The molecule has 0 radical (unpaired) electrons. The van der Waals surface area contributed by atoms with E-state index in [1.54, 1.807) is 0 Å². The van der Waals surface area contributed by atoms with Crippen LogP contribution in [-0.2, 0) is 9.53 Å². The number of carbonyl (C=O) groups is 1. The number of esters is 1. The summed E-state index contributed by atoms with van der Waals surface area (Å²) in [5.74, 6) is 0.852. The second kappa shape index (κ2) is 7.96. The quantitative estimate of drug-likeness (QED) is 0.659. The first-order valence-electron chi connectivity index (χ1n) is 8.07. The molecule has 2 aliphatic rings. The summed E-state index contributed by atoms with van der Waals surface area (Å²) in [6.45, 7) is 11.6. The zero-order valence-corrected chi connectivity index (χ0v) is 12.9. The fraction of sp³-hybridized carbons (Fsp3) is 0.933. The molecule has 0 spiro atoms. The van der Waals surface area contributed by atoms with Gasteiger partial charge in [-0.15, -0.1) is 0 Å². The van der Waals surface area contributed by atoms with E-state index in [1.165, 1.54) is 19.4 Å². The number of nitrogens with one attached hydrogen (secondary N) is 1. The molecule has 5 nitrogen and oxygen atoms in total. The third-order valence-corrected chi connectivity index (χ3v) is 4.14. The number of nitrogens with zero attached hydrogens (tertiary/aromatic N) is 2. The molecule has 1 saturated carbocycles. The van der Waals surface area contributed by atoms with Crippen molar-refractivity contribution in [1.82, 2.24) is 15.1 Å². The van der Waals surface area contributed by atoms with E-state index in [1.807, 2.05) is 13.8 Å². The zero-order valence-electron chi connectivity index (χ0n) is 12.9. The molecule has 1 aliphatic carbocycles. The van der Waals surface area contributed by atoms with Gasteiger partial charge in [-0.25, -0.2) is 0 Å². The van der Waals surface area contributed by atoms with Crippen LogP contribution in [0.25, 0.3) is 0 Å². The molecular weight excluding hydrogens is 254 g/mol. The topological polar surface area (TPSA) is 44.8 Å². The van der Waals surface area contributed by atoms with Gasteiger partial charge in [-0.05, 0) is 32.2 Å². The van der Waals surface area contributed by atoms with Crippen LogP contribution in [0.2, 0.25) is 0 Å².